The molecule has 0 saturated carbocycles. The summed E-state index contributed by atoms with van der Waals surface area (Å²) in [6.45, 7) is 9.71. The molecule has 624 valence electrons. The number of aliphatic hydroxyl groups is 1. The standard InChI is InChI=1S/C86H168O17P2/c1-7-9-11-13-15-17-18-19-20-21-22-23-29-34-39-45-51-57-63-69-84(89)97-75-82(103-86(91)70-64-58-52-46-40-35-30-25-24-27-32-37-43-48-54-60-66-78(3)4)77-101-105(94,95)99-73-80(87)72-98-104(92,93)100-76-81(74-96-83(88)68-62-56-50-42-16-14-12-10-8-2)102-85(90)71-65-59-53-47-41-36-31-26-28-33-38-44-49-55-61-67-79(5)6/h78-82,87H,7-77H2,1-6H3,(H,92,93)(H,94,95)/t80-,81+,82+/m0/s1. The molecule has 0 radical (unpaired) electrons. The summed E-state index contributed by atoms with van der Waals surface area (Å²) in [6.07, 6.45) is 69.5. The van der Waals surface area contributed by atoms with Crippen LogP contribution in [0.5, 0.6) is 0 Å². The number of carbonyl (C=O) groups is 4. The first-order valence-electron chi connectivity index (χ1n) is 44.5. The van der Waals surface area contributed by atoms with Gasteiger partial charge in [0, 0.05) is 25.7 Å². The van der Waals surface area contributed by atoms with E-state index >= 15 is 0 Å². The van der Waals surface area contributed by atoms with E-state index in [1.165, 1.54) is 276 Å². The number of unbranched alkanes of at least 4 members (excludes halogenated alkanes) is 55. The maximum Gasteiger partial charge on any atom is 0.472 e. The number of ether oxygens (including phenoxy) is 4. The summed E-state index contributed by atoms with van der Waals surface area (Å²) in [5.74, 6) is -0.491. The number of carbonyl (C=O) groups excluding carboxylic acids is 4. The van der Waals surface area contributed by atoms with E-state index < -0.39 is 97.5 Å². The molecule has 0 aliphatic rings. The third kappa shape index (κ3) is 79.9. The monoisotopic (exact) mass is 1540 g/mol. The molecule has 5 atom stereocenters. The Morgan fingerprint density at radius 1 is 0.257 bits per heavy atom. The number of hydrogen-bond donors (Lipinski definition) is 3. The highest BCUT2D eigenvalue weighted by molar-refractivity contribution is 7.47. The number of aliphatic hydroxyl groups excluding tert-OH is 1. The first-order valence-corrected chi connectivity index (χ1v) is 47.5. The largest absolute Gasteiger partial charge is 0.472 e. The van der Waals surface area contributed by atoms with Crippen LogP contribution in [0.2, 0.25) is 0 Å². The topological polar surface area (TPSA) is 237 Å². The maximum absolute atomic E-state index is 13.1. The van der Waals surface area contributed by atoms with Gasteiger partial charge in [-0.15, -0.1) is 0 Å². The lowest BCUT2D eigenvalue weighted by Gasteiger charge is -2.21. The Morgan fingerprint density at radius 3 is 0.648 bits per heavy atom. The maximum atomic E-state index is 13.1. The Labute approximate surface area is 645 Å². The fourth-order valence-corrected chi connectivity index (χ4v) is 15.0. The molecule has 17 nitrogen and oxygen atoms in total. The Hall–Kier alpha value is -1.94. The fraction of sp³-hybridized carbons (Fsp3) is 0.953. The molecule has 0 aromatic rings. The lowest BCUT2D eigenvalue weighted by molar-refractivity contribution is -0.161. The Morgan fingerprint density at radius 2 is 0.438 bits per heavy atom. The fourth-order valence-electron chi connectivity index (χ4n) is 13.4. The van der Waals surface area contributed by atoms with Crippen LogP contribution in [0.1, 0.15) is 459 Å². The molecule has 0 bridgehead atoms. The van der Waals surface area contributed by atoms with Crippen LogP contribution in [0, 0.1) is 11.8 Å². The van der Waals surface area contributed by atoms with Gasteiger partial charge < -0.3 is 33.8 Å². The molecule has 0 spiro atoms. The average Bonchev–Trinajstić information content (AvgIpc) is 0.914. The summed E-state index contributed by atoms with van der Waals surface area (Å²) in [5.41, 5.74) is 0. The van der Waals surface area contributed by atoms with E-state index in [2.05, 4.69) is 41.5 Å². The minimum absolute atomic E-state index is 0.108. The highest BCUT2D eigenvalue weighted by Gasteiger charge is 2.30. The molecule has 0 amide bonds. The van der Waals surface area contributed by atoms with Gasteiger partial charge in [0.25, 0.3) is 0 Å². The zero-order chi connectivity index (χ0) is 77.1. The van der Waals surface area contributed by atoms with Crippen LogP contribution in [0.4, 0.5) is 0 Å². The highest BCUT2D eigenvalue weighted by Crippen LogP contribution is 2.45. The molecule has 0 rings (SSSR count). The van der Waals surface area contributed by atoms with E-state index in [0.717, 1.165) is 102 Å². The molecule has 0 saturated heterocycles. The molecule has 0 heterocycles. The average molecular weight is 1540 g/mol. The van der Waals surface area contributed by atoms with Crippen molar-refractivity contribution in [1.82, 2.24) is 0 Å². The van der Waals surface area contributed by atoms with Crippen LogP contribution >= 0.6 is 15.6 Å². The Bertz CT molecular complexity index is 2010. The van der Waals surface area contributed by atoms with Crippen molar-refractivity contribution in [2.75, 3.05) is 39.6 Å². The molecule has 3 N–H and O–H groups in total. The van der Waals surface area contributed by atoms with Crippen molar-refractivity contribution in [2.45, 2.75) is 477 Å². The van der Waals surface area contributed by atoms with Gasteiger partial charge in [-0.25, -0.2) is 9.13 Å². The van der Waals surface area contributed by atoms with Gasteiger partial charge in [-0.05, 0) is 37.5 Å². The minimum Gasteiger partial charge on any atom is -0.462 e. The van der Waals surface area contributed by atoms with E-state index in [-0.39, 0.29) is 25.7 Å². The van der Waals surface area contributed by atoms with Crippen molar-refractivity contribution < 1.29 is 80.2 Å². The van der Waals surface area contributed by atoms with Crippen LogP contribution in [0.15, 0.2) is 0 Å². The molecule has 0 fully saturated rings. The summed E-state index contributed by atoms with van der Waals surface area (Å²) < 4.78 is 68.9. The van der Waals surface area contributed by atoms with E-state index in [9.17, 15) is 43.2 Å². The molecular formula is C86H168O17P2. The SMILES string of the molecule is CCCCCCCCCCCCCCCCCCCCCC(=O)OC[C@H](COP(=O)(O)OC[C@@H](O)COP(=O)(O)OC[C@@H](COC(=O)CCCCCCCCCCC)OC(=O)CCCCCCCCCCCCCCCCCC(C)C)OC(=O)CCCCCCCCCCCCCCCCCCC(C)C. The van der Waals surface area contributed by atoms with E-state index in [4.69, 9.17) is 37.0 Å². The van der Waals surface area contributed by atoms with Gasteiger partial charge in [0.1, 0.15) is 19.3 Å². The third-order valence-corrected chi connectivity index (χ3v) is 22.1. The zero-order valence-corrected chi connectivity index (χ0v) is 70.8. The van der Waals surface area contributed by atoms with Gasteiger partial charge in [-0.1, -0.05) is 408 Å². The summed E-state index contributed by atoms with van der Waals surface area (Å²) in [6, 6.07) is 0. The Kier molecular flexibility index (Phi) is 76.0. The first kappa shape index (κ1) is 103. The van der Waals surface area contributed by atoms with Crippen LogP contribution < -0.4 is 0 Å². The summed E-state index contributed by atoms with van der Waals surface area (Å²) >= 11 is 0. The van der Waals surface area contributed by atoms with Gasteiger partial charge in [0.15, 0.2) is 12.2 Å². The van der Waals surface area contributed by atoms with Crippen LogP contribution in [-0.2, 0) is 65.4 Å². The molecule has 0 aliphatic carbocycles. The van der Waals surface area contributed by atoms with Crippen LogP contribution in [-0.4, -0.2) is 96.7 Å². The van der Waals surface area contributed by atoms with Gasteiger partial charge in [0.2, 0.25) is 0 Å². The van der Waals surface area contributed by atoms with Crippen LogP contribution in [0.25, 0.3) is 0 Å². The number of esters is 4. The zero-order valence-electron chi connectivity index (χ0n) is 69.0. The lowest BCUT2D eigenvalue weighted by atomic mass is 10.0. The molecule has 105 heavy (non-hydrogen) atoms. The molecule has 19 heteroatoms. The van der Waals surface area contributed by atoms with E-state index in [0.29, 0.717) is 25.7 Å². The van der Waals surface area contributed by atoms with Crippen molar-refractivity contribution in [3.63, 3.8) is 0 Å². The number of phosphoric acid groups is 2. The van der Waals surface area contributed by atoms with Crippen molar-refractivity contribution in [1.29, 1.82) is 0 Å². The van der Waals surface area contributed by atoms with Gasteiger partial charge in [-0.2, -0.15) is 0 Å². The minimum atomic E-state index is -4.97. The number of hydrogen-bond acceptors (Lipinski definition) is 15. The van der Waals surface area contributed by atoms with Gasteiger partial charge >= 0.3 is 39.5 Å². The molecule has 0 aliphatic heterocycles. The number of phosphoric ester groups is 2. The quantitative estimate of drug-likeness (QED) is 0.0222. The highest BCUT2D eigenvalue weighted by atomic mass is 31.2. The second-order valence-corrected chi connectivity index (χ2v) is 34.8. The molecular weight excluding hydrogens is 1370 g/mol. The van der Waals surface area contributed by atoms with Crippen molar-refractivity contribution in [3.8, 4) is 0 Å². The normalized spacial score (nSPS) is 13.8. The Balaban J connectivity index is 5.21. The van der Waals surface area contributed by atoms with Gasteiger partial charge in [0.05, 0.1) is 26.4 Å². The predicted octanol–water partition coefficient (Wildman–Crippen LogP) is 26.2. The molecule has 0 aromatic carbocycles. The van der Waals surface area contributed by atoms with Crippen molar-refractivity contribution in [3.05, 3.63) is 0 Å². The molecule has 0 aromatic heterocycles. The third-order valence-electron chi connectivity index (χ3n) is 20.2. The van der Waals surface area contributed by atoms with E-state index in [1.54, 1.807) is 0 Å². The second-order valence-electron chi connectivity index (χ2n) is 31.9. The smallest absolute Gasteiger partial charge is 0.462 e. The first-order chi connectivity index (χ1) is 50.9. The summed E-state index contributed by atoms with van der Waals surface area (Å²) in [7, 11) is -9.93. The van der Waals surface area contributed by atoms with Gasteiger partial charge in [-0.3, -0.25) is 37.3 Å². The summed E-state index contributed by atoms with van der Waals surface area (Å²) in [5, 5.41) is 10.7. The van der Waals surface area contributed by atoms with E-state index in [1.807, 2.05) is 0 Å². The predicted molar refractivity (Wildman–Crippen MR) is 432 cm³/mol. The second kappa shape index (κ2) is 77.4. The number of rotatable bonds is 85. The van der Waals surface area contributed by atoms with Crippen LogP contribution in [0.3, 0.4) is 0 Å². The molecule has 2 unspecified atom stereocenters. The van der Waals surface area contributed by atoms with Crippen molar-refractivity contribution in [2.24, 2.45) is 11.8 Å². The lowest BCUT2D eigenvalue weighted by Crippen LogP contribution is -2.30. The van der Waals surface area contributed by atoms with Crippen molar-refractivity contribution >= 4 is 39.5 Å². The summed E-state index contributed by atoms with van der Waals surface area (Å²) in [4.78, 5) is 73.2.